The molecule has 0 unspecified atom stereocenters. The van der Waals surface area contributed by atoms with Gasteiger partial charge in [0.1, 0.15) is 5.75 Å². The van der Waals surface area contributed by atoms with Gasteiger partial charge in [0, 0.05) is 5.33 Å². The third kappa shape index (κ3) is 2.86. The third-order valence-electron chi connectivity index (χ3n) is 1.55. The van der Waals surface area contributed by atoms with Gasteiger partial charge in [0.25, 0.3) is 0 Å². The minimum absolute atomic E-state index is 0.774. The summed E-state index contributed by atoms with van der Waals surface area (Å²) >= 11 is 3.36. The van der Waals surface area contributed by atoms with Gasteiger partial charge in [0.15, 0.2) is 0 Å². The van der Waals surface area contributed by atoms with Crippen molar-refractivity contribution in [3.8, 4) is 5.75 Å². The van der Waals surface area contributed by atoms with Gasteiger partial charge in [0.05, 0.1) is 6.61 Å². The molecule has 0 saturated heterocycles. The fourth-order valence-electron chi connectivity index (χ4n) is 0.898. The van der Waals surface area contributed by atoms with Crippen LogP contribution in [-0.2, 0) is 0 Å². The zero-order valence-corrected chi connectivity index (χ0v) is 8.73. The summed E-state index contributed by atoms with van der Waals surface area (Å²) in [5, 5.41) is 0.991. The molecule has 1 aromatic rings. The molecule has 0 heterocycles. The van der Waals surface area contributed by atoms with E-state index in [0.29, 0.717) is 0 Å². The lowest BCUT2D eigenvalue weighted by molar-refractivity contribution is 0.317. The first-order chi connectivity index (χ1) is 5.84. The van der Waals surface area contributed by atoms with Crippen molar-refractivity contribution >= 4 is 15.9 Å². The van der Waals surface area contributed by atoms with E-state index in [1.807, 2.05) is 25.1 Å². The molecule has 0 atom stereocenters. The average Bonchev–Trinajstić information content (AvgIpc) is 2.09. The smallest absolute Gasteiger partial charge is 0.122 e. The summed E-state index contributed by atoms with van der Waals surface area (Å²) in [4.78, 5) is 0. The summed E-state index contributed by atoms with van der Waals surface area (Å²) in [5.74, 6) is 0.967. The quantitative estimate of drug-likeness (QED) is 0.568. The van der Waals surface area contributed by atoms with Crippen LogP contribution < -0.4 is 4.74 Å². The Kier molecular flexibility index (Phi) is 4.15. The van der Waals surface area contributed by atoms with Crippen molar-refractivity contribution in [2.24, 2.45) is 0 Å². The Morgan fingerprint density at radius 3 is 3.08 bits per heavy atom. The van der Waals surface area contributed by atoms with Gasteiger partial charge >= 0.3 is 0 Å². The fraction of sp³-hybridized carbons (Fsp3) is 0.400. The molecule has 1 aromatic carbocycles. The minimum atomic E-state index is 0.774. The molecule has 12 heavy (non-hydrogen) atoms. The number of rotatable bonds is 4. The van der Waals surface area contributed by atoms with E-state index >= 15 is 0 Å². The van der Waals surface area contributed by atoms with Gasteiger partial charge in [-0.2, -0.15) is 0 Å². The molecule has 0 saturated carbocycles. The monoisotopic (exact) mass is 227 g/mol. The summed E-state index contributed by atoms with van der Waals surface area (Å²) in [6.45, 7) is 2.80. The summed E-state index contributed by atoms with van der Waals surface area (Å²) in [5.41, 5.74) is 1.15. The maximum atomic E-state index is 5.53. The molecular weight excluding hydrogens is 216 g/mol. The highest BCUT2D eigenvalue weighted by molar-refractivity contribution is 9.09. The molecule has 1 rings (SSSR count). The molecule has 0 N–H and O–H groups in total. The Morgan fingerprint density at radius 1 is 1.58 bits per heavy atom. The maximum Gasteiger partial charge on any atom is 0.122 e. The van der Waals surface area contributed by atoms with E-state index in [-0.39, 0.29) is 0 Å². The number of aryl methyl sites for hydroxylation is 1. The van der Waals surface area contributed by atoms with Crippen LogP contribution in [-0.4, -0.2) is 11.9 Å². The molecule has 0 bridgehead atoms. The summed E-state index contributed by atoms with van der Waals surface area (Å²) in [7, 11) is 0. The van der Waals surface area contributed by atoms with Crippen molar-refractivity contribution in [3.63, 3.8) is 0 Å². The highest BCUT2D eigenvalue weighted by Gasteiger charge is 1.95. The highest BCUT2D eigenvalue weighted by Crippen LogP contribution is 2.15. The van der Waals surface area contributed by atoms with Crippen molar-refractivity contribution in [1.82, 2.24) is 0 Å². The number of halogens is 1. The highest BCUT2D eigenvalue weighted by atomic mass is 79.9. The Hall–Kier alpha value is -0.500. The Morgan fingerprint density at radius 2 is 2.42 bits per heavy atom. The number of hydrogen-bond acceptors (Lipinski definition) is 1. The molecule has 0 aliphatic heterocycles. The predicted molar refractivity (Wildman–Crippen MR) is 53.9 cm³/mol. The van der Waals surface area contributed by atoms with Crippen LogP contribution in [0.1, 0.15) is 12.0 Å². The van der Waals surface area contributed by atoms with E-state index in [1.165, 1.54) is 0 Å². The molecule has 1 radical (unpaired) electrons. The first-order valence-corrected chi connectivity index (χ1v) is 5.12. The van der Waals surface area contributed by atoms with Crippen molar-refractivity contribution in [2.45, 2.75) is 13.3 Å². The molecule has 2 heteroatoms. The van der Waals surface area contributed by atoms with Crippen LogP contribution >= 0.6 is 15.9 Å². The second kappa shape index (κ2) is 5.20. The molecule has 1 nitrogen and oxygen atoms in total. The first kappa shape index (κ1) is 9.59. The summed E-state index contributed by atoms with van der Waals surface area (Å²) in [6, 6.07) is 8.76. The van der Waals surface area contributed by atoms with Gasteiger partial charge in [-0.25, -0.2) is 0 Å². The van der Waals surface area contributed by atoms with Gasteiger partial charge < -0.3 is 4.74 Å². The molecule has 0 aliphatic rings. The van der Waals surface area contributed by atoms with Crippen LogP contribution in [0.25, 0.3) is 0 Å². The van der Waals surface area contributed by atoms with E-state index in [2.05, 4.69) is 22.0 Å². The van der Waals surface area contributed by atoms with Crippen LogP contribution in [0.15, 0.2) is 18.2 Å². The second-order valence-corrected chi connectivity index (χ2v) is 3.38. The number of alkyl halides is 1. The predicted octanol–water partition coefficient (Wildman–Crippen LogP) is 2.96. The van der Waals surface area contributed by atoms with Gasteiger partial charge in [-0.1, -0.05) is 22.0 Å². The van der Waals surface area contributed by atoms with E-state index in [4.69, 9.17) is 4.74 Å². The molecule has 65 valence electrons. The first-order valence-electron chi connectivity index (χ1n) is 4.00. The average molecular weight is 228 g/mol. The van der Waals surface area contributed by atoms with Gasteiger partial charge in [-0.15, -0.1) is 0 Å². The molecule has 0 aliphatic carbocycles. The largest absolute Gasteiger partial charge is 0.493 e. The van der Waals surface area contributed by atoms with Crippen molar-refractivity contribution in [2.75, 3.05) is 11.9 Å². The zero-order valence-electron chi connectivity index (χ0n) is 7.14. The third-order valence-corrected chi connectivity index (χ3v) is 2.12. The van der Waals surface area contributed by atoms with Crippen molar-refractivity contribution in [1.29, 1.82) is 0 Å². The lowest BCUT2D eigenvalue weighted by atomic mass is 10.2. The van der Waals surface area contributed by atoms with E-state index < -0.39 is 0 Å². The standard InChI is InChI=1S/C10H12BrO/c1-9-5-2-3-6-10(9)12-8-4-7-11/h3,5-6H,4,7-8H2,1H3. The normalized spacial score (nSPS) is 9.83. The maximum absolute atomic E-state index is 5.53. The zero-order chi connectivity index (χ0) is 8.81. The number of ether oxygens (including phenoxy) is 1. The molecule has 0 spiro atoms. The summed E-state index contributed by atoms with van der Waals surface area (Å²) in [6.07, 6.45) is 1.04. The van der Waals surface area contributed by atoms with E-state index in [0.717, 1.165) is 29.7 Å². The summed E-state index contributed by atoms with van der Waals surface area (Å²) < 4.78 is 5.53. The SMILES string of the molecule is Cc1c[c]ccc1OCCCBr. The number of benzene rings is 1. The molecule has 0 fully saturated rings. The second-order valence-electron chi connectivity index (χ2n) is 2.58. The van der Waals surface area contributed by atoms with E-state index in [9.17, 15) is 0 Å². The topological polar surface area (TPSA) is 9.23 Å². The lowest BCUT2D eigenvalue weighted by Gasteiger charge is -2.06. The van der Waals surface area contributed by atoms with Gasteiger partial charge in [-0.05, 0) is 37.1 Å². The Balaban J connectivity index is 2.46. The van der Waals surface area contributed by atoms with Crippen LogP contribution in [0.3, 0.4) is 0 Å². The molecular formula is C10H12BrO. The Labute approximate surface area is 81.9 Å². The van der Waals surface area contributed by atoms with Crippen LogP contribution in [0.2, 0.25) is 0 Å². The Bertz CT molecular complexity index is 235. The fourth-order valence-corrected chi connectivity index (χ4v) is 1.13. The van der Waals surface area contributed by atoms with E-state index in [1.54, 1.807) is 0 Å². The van der Waals surface area contributed by atoms with Crippen LogP contribution in [0.5, 0.6) is 5.75 Å². The van der Waals surface area contributed by atoms with Gasteiger partial charge in [0.2, 0.25) is 0 Å². The van der Waals surface area contributed by atoms with Crippen molar-refractivity contribution < 1.29 is 4.74 Å². The lowest BCUT2D eigenvalue weighted by Crippen LogP contribution is -1.98. The van der Waals surface area contributed by atoms with Crippen LogP contribution in [0, 0.1) is 13.0 Å². The van der Waals surface area contributed by atoms with Gasteiger partial charge in [-0.3, -0.25) is 0 Å². The molecule has 0 amide bonds. The molecule has 0 aromatic heterocycles. The van der Waals surface area contributed by atoms with Crippen molar-refractivity contribution in [3.05, 3.63) is 29.8 Å². The number of hydrogen-bond donors (Lipinski definition) is 0. The minimum Gasteiger partial charge on any atom is -0.493 e. The van der Waals surface area contributed by atoms with Crippen LogP contribution in [0.4, 0.5) is 0 Å².